The molecule has 0 aliphatic rings. The van der Waals surface area contributed by atoms with Crippen molar-refractivity contribution in [1.29, 1.82) is 0 Å². The second kappa shape index (κ2) is 7.97. The summed E-state index contributed by atoms with van der Waals surface area (Å²) in [5, 5.41) is 17.4. The minimum atomic E-state index is -0.804. The van der Waals surface area contributed by atoms with E-state index in [0.717, 1.165) is 11.4 Å². The summed E-state index contributed by atoms with van der Waals surface area (Å²) in [6.07, 6.45) is 1.93. The highest BCUT2D eigenvalue weighted by Crippen LogP contribution is 2.13. The monoisotopic (exact) mass is 330 g/mol. The van der Waals surface area contributed by atoms with Crippen LogP contribution in [0.15, 0.2) is 30.5 Å². The Morgan fingerprint density at radius 1 is 1.38 bits per heavy atom. The molecule has 0 saturated heterocycles. The third kappa shape index (κ3) is 5.34. The Morgan fingerprint density at radius 2 is 2.05 bits per heavy atom. The number of hydrogen-bond acceptors (Lipinski definition) is 4. The molecule has 0 aliphatic carbocycles. The smallest absolute Gasteiger partial charge is 0.304 e. The highest BCUT2D eigenvalue weighted by atomic mass is 35.5. The van der Waals surface area contributed by atoms with Crippen LogP contribution in [-0.2, 0) is 11.3 Å². The van der Waals surface area contributed by atoms with Gasteiger partial charge in [-0.05, 0) is 31.3 Å². The molecule has 0 radical (unpaired) electrons. The van der Waals surface area contributed by atoms with Crippen LogP contribution < -0.4 is 0 Å². The summed E-state index contributed by atoms with van der Waals surface area (Å²) < 4.78 is 1.66. The Labute approximate surface area is 133 Å². The SMILES string of the molecule is CN(CCC(=O)O)Cc1cn(-c2ccc(Cl)cc2)nn1.Cl. The quantitative estimate of drug-likeness (QED) is 0.879. The molecule has 0 amide bonds. The van der Waals surface area contributed by atoms with E-state index in [-0.39, 0.29) is 18.8 Å². The van der Waals surface area contributed by atoms with Crippen LogP contribution in [0.2, 0.25) is 5.02 Å². The van der Waals surface area contributed by atoms with E-state index in [1.165, 1.54) is 0 Å². The van der Waals surface area contributed by atoms with Crippen molar-refractivity contribution < 1.29 is 9.90 Å². The zero-order chi connectivity index (χ0) is 14.5. The molecule has 114 valence electrons. The zero-order valence-electron chi connectivity index (χ0n) is 11.4. The van der Waals surface area contributed by atoms with Gasteiger partial charge in [0.05, 0.1) is 24.0 Å². The molecule has 1 aromatic heterocycles. The van der Waals surface area contributed by atoms with Crippen LogP contribution >= 0.6 is 24.0 Å². The average molecular weight is 331 g/mol. The van der Waals surface area contributed by atoms with Crippen LogP contribution in [0.3, 0.4) is 0 Å². The van der Waals surface area contributed by atoms with Crippen molar-refractivity contribution in [1.82, 2.24) is 19.9 Å². The topological polar surface area (TPSA) is 71.2 Å². The number of hydrogen-bond donors (Lipinski definition) is 1. The minimum absolute atomic E-state index is 0. The van der Waals surface area contributed by atoms with Gasteiger partial charge in [-0.15, -0.1) is 17.5 Å². The van der Waals surface area contributed by atoms with E-state index < -0.39 is 5.97 Å². The molecule has 0 fully saturated rings. The van der Waals surface area contributed by atoms with Gasteiger partial charge >= 0.3 is 5.97 Å². The third-order valence-electron chi connectivity index (χ3n) is 2.77. The first-order valence-electron chi connectivity index (χ1n) is 6.12. The van der Waals surface area contributed by atoms with Gasteiger partial charge in [0.2, 0.25) is 0 Å². The lowest BCUT2D eigenvalue weighted by atomic mass is 10.3. The van der Waals surface area contributed by atoms with Crippen molar-refractivity contribution in [3.63, 3.8) is 0 Å². The molecular weight excluding hydrogens is 315 g/mol. The van der Waals surface area contributed by atoms with Crippen molar-refractivity contribution in [2.45, 2.75) is 13.0 Å². The van der Waals surface area contributed by atoms with E-state index in [2.05, 4.69) is 10.3 Å². The molecule has 0 saturated carbocycles. The molecule has 2 rings (SSSR count). The van der Waals surface area contributed by atoms with Gasteiger partial charge in [0.1, 0.15) is 0 Å². The molecule has 0 atom stereocenters. The number of nitrogens with zero attached hydrogens (tertiary/aromatic N) is 4. The van der Waals surface area contributed by atoms with Crippen LogP contribution in [0.5, 0.6) is 0 Å². The molecule has 1 heterocycles. The molecule has 0 aliphatic heterocycles. The van der Waals surface area contributed by atoms with E-state index in [1.54, 1.807) is 16.8 Å². The van der Waals surface area contributed by atoms with Gasteiger partial charge in [0, 0.05) is 18.1 Å². The Bertz CT molecular complexity index is 586. The number of benzene rings is 1. The maximum absolute atomic E-state index is 10.5. The van der Waals surface area contributed by atoms with Crippen molar-refractivity contribution in [2.24, 2.45) is 0 Å². The van der Waals surface area contributed by atoms with Gasteiger partial charge < -0.3 is 5.11 Å². The lowest BCUT2D eigenvalue weighted by Crippen LogP contribution is -2.21. The Kier molecular flexibility index (Phi) is 6.61. The van der Waals surface area contributed by atoms with Crippen molar-refractivity contribution in [3.05, 3.63) is 41.2 Å². The predicted molar refractivity (Wildman–Crippen MR) is 82.2 cm³/mol. The average Bonchev–Trinajstić information content (AvgIpc) is 2.85. The molecule has 0 spiro atoms. The predicted octanol–water partition coefficient (Wildman–Crippen LogP) is 2.25. The van der Waals surface area contributed by atoms with Gasteiger partial charge in [0.15, 0.2) is 0 Å². The summed E-state index contributed by atoms with van der Waals surface area (Å²) in [6.45, 7) is 1.03. The van der Waals surface area contributed by atoms with Crippen LogP contribution in [0, 0.1) is 0 Å². The summed E-state index contributed by atoms with van der Waals surface area (Å²) in [5.41, 5.74) is 1.66. The normalized spacial score (nSPS) is 10.4. The molecule has 1 aromatic carbocycles. The van der Waals surface area contributed by atoms with Gasteiger partial charge in [-0.3, -0.25) is 9.69 Å². The molecule has 1 N–H and O–H groups in total. The van der Waals surface area contributed by atoms with Crippen LogP contribution in [0.25, 0.3) is 5.69 Å². The van der Waals surface area contributed by atoms with E-state index in [9.17, 15) is 4.79 Å². The lowest BCUT2D eigenvalue weighted by molar-refractivity contribution is -0.137. The Morgan fingerprint density at radius 3 is 2.67 bits per heavy atom. The fourth-order valence-corrected chi connectivity index (χ4v) is 1.86. The number of aromatic nitrogens is 3. The molecule has 21 heavy (non-hydrogen) atoms. The van der Waals surface area contributed by atoms with Crippen molar-refractivity contribution in [2.75, 3.05) is 13.6 Å². The van der Waals surface area contributed by atoms with Crippen molar-refractivity contribution in [3.8, 4) is 5.69 Å². The second-order valence-corrected chi connectivity index (χ2v) is 4.95. The van der Waals surface area contributed by atoms with Crippen LogP contribution in [-0.4, -0.2) is 44.6 Å². The number of carboxylic acids is 1. The highest BCUT2D eigenvalue weighted by Gasteiger charge is 2.07. The van der Waals surface area contributed by atoms with Crippen molar-refractivity contribution >= 4 is 30.0 Å². The number of aliphatic carboxylic acids is 1. The highest BCUT2D eigenvalue weighted by molar-refractivity contribution is 6.30. The fraction of sp³-hybridized carbons (Fsp3) is 0.308. The number of halogens is 2. The largest absolute Gasteiger partial charge is 0.481 e. The number of rotatable bonds is 6. The second-order valence-electron chi connectivity index (χ2n) is 4.51. The first-order chi connectivity index (χ1) is 9.54. The van der Waals surface area contributed by atoms with Crippen LogP contribution in [0.4, 0.5) is 0 Å². The Hall–Kier alpha value is -1.63. The lowest BCUT2D eigenvalue weighted by Gasteiger charge is -2.12. The zero-order valence-corrected chi connectivity index (χ0v) is 13.0. The first-order valence-corrected chi connectivity index (χ1v) is 6.50. The maximum atomic E-state index is 10.5. The van der Waals surface area contributed by atoms with Gasteiger partial charge in [-0.1, -0.05) is 16.8 Å². The first kappa shape index (κ1) is 17.4. The van der Waals surface area contributed by atoms with Gasteiger partial charge in [-0.25, -0.2) is 4.68 Å². The van der Waals surface area contributed by atoms with Crippen LogP contribution in [0.1, 0.15) is 12.1 Å². The molecule has 0 bridgehead atoms. The van der Waals surface area contributed by atoms with Gasteiger partial charge in [0.25, 0.3) is 0 Å². The van der Waals surface area contributed by atoms with Gasteiger partial charge in [-0.2, -0.15) is 0 Å². The summed E-state index contributed by atoms with van der Waals surface area (Å²) >= 11 is 5.83. The summed E-state index contributed by atoms with van der Waals surface area (Å²) in [5.74, 6) is -0.804. The maximum Gasteiger partial charge on any atom is 0.304 e. The molecular formula is C13H16Cl2N4O2. The fourth-order valence-electron chi connectivity index (χ4n) is 1.73. The standard InChI is InChI=1S/C13H15ClN4O2.ClH/c1-17(7-6-13(19)20)8-11-9-18(16-15-11)12-4-2-10(14)3-5-12;/h2-5,9H,6-8H2,1H3,(H,19,20);1H. The third-order valence-corrected chi connectivity index (χ3v) is 3.02. The molecule has 6 nitrogen and oxygen atoms in total. The molecule has 8 heteroatoms. The summed E-state index contributed by atoms with van der Waals surface area (Å²) in [4.78, 5) is 12.4. The van der Waals surface area contributed by atoms with E-state index in [1.807, 2.05) is 30.3 Å². The molecule has 2 aromatic rings. The number of carboxylic acid groups (broad SMARTS) is 1. The minimum Gasteiger partial charge on any atom is -0.481 e. The van der Waals surface area contributed by atoms with E-state index >= 15 is 0 Å². The number of carbonyl (C=O) groups is 1. The Balaban J connectivity index is 0.00000220. The summed E-state index contributed by atoms with van der Waals surface area (Å²) in [6, 6.07) is 7.29. The van der Waals surface area contributed by atoms with E-state index in [4.69, 9.17) is 16.7 Å². The summed E-state index contributed by atoms with van der Waals surface area (Å²) in [7, 11) is 1.85. The van der Waals surface area contributed by atoms with E-state index in [0.29, 0.717) is 18.1 Å². The molecule has 0 unspecified atom stereocenters.